The topological polar surface area (TPSA) is 0 Å². The number of aryl methyl sites for hydroxylation is 2. The van der Waals surface area contributed by atoms with E-state index >= 15 is 0 Å². The monoisotopic (exact) mass is 386 g/mol. The van der Waals surface area contributed by atoms with Crippen molar-refractivity contribution >= 4 is 0 Å². The lowest BCUT2D eigenvalue weighted by molar-refractivity contribution is 0.523. The average Bonchev–Trinajstić information content (AvgIpc) is 2.71. The van der Waals surface area contributed by atoms with Crippen molar-refractivity contribution in [3.8, 4) is 0 Å². The number of hydrogen-bond acceptors (Lipinski definition) is 0. The van der Waals surface area contributed by atoms with Crippen LogP contribution in [0.1, 0.15) is 140 Å². The standard InChI is InChI=1S/C28H50/c1-3-4-5-6-7-8-9-10-11-12-13-14-15-16-17-18-19-20-21-22-28-25-23-27(2)24-26-28/h23-26H,3-22H2,1-2H3. The van der Waals surface area contributed by atoms with Gasteiger partial charge in [0.25, 0.3) is 0 Å². The molecule has 0 fully saturated rings. The van der Waals surface area contributed by atoms with E-state index in [1.54, 1.807) is 0 Å². The van der Waals surface area contributed by atoms with Gasteiger partial charge in [0.2, 0.25) is 0 Å². The summed E-state index contributed by atoms with van der Waals surface area (Å²) in [5, 5.41) is 0. The molecule has 0 heteroatoms. The van der Waals surface area contributed by atoms with E-state index < -0.39 is 0 Å². The largest absolute Gasteiger partial charge is 0.0654 e. The first-order valence-electron chi connectivity index (χ1n) is 12.9. The van der Waals surface area contributed by atoms with Crippen molar-refractivity contribution in [1.82, 2.24) is 0 Å². The van der Waals surface area contributed by atoms with Gasteiger partial charge in [-0.15, -0.1) is 0 Å². The molecule has 1 rings (SSSR count). The Kier molecular flexibility index (Phi) is 17.6. The van der Waals surface area contributed by atoms with Gasteiger partial charge in [0.1, 0.15) is 0 Å². The third kappa shape index (κ3) is 16.2. The van der Waals surface area contributed by atoms with E-state index in [4.69, 9.17) is 0 Å². The summed E-state index contributed by atoms with van der Waals surface area (Å²) < 4.78 is 0. The Hall–Kier alpha value is -0.780. The molecule has 0 aliphatic rings. The zero-order chi connectivity index (χ0) is 20.1. The molecule has 1 aromatic rings. The fourth-order valence-corrected chi connectivity index (χ4v) is 4.16. The molecule has 0 unspecified atom stereocenters. The van der Waals surface area contributed by atoms with E-state index in [-0.39, 0.29) is 0 Å². The SMILES string of the molecule is CCCCCCCCCCCCCCCCCCCCCc1ccc(C)cc1. The summed E-state index contributed by atoms with van der Waals surface area (Å²) in [5.41, 5.74) is 2.88. The van der Waals surface area contributed by atoms with Crippen LogP contribution in [0.5, 0.6) is 0 Å². The second-order valence-electron chi connectivity index (χ2n) is 9.10. The summed E-state index contributed by atoms with van der Waals surface area (Å²) in [6, 6.07) is 9.07. The van der Waals surface area contributed by atoms with E-state index in [9.17, 15) is 0 Å². The van der Waals surface area contributed by atoms with E-state index in [1.165, 1.54) is 140 Å². The normalized spacial score (nSPS) is 11.2. The zero-order valence-corrected chi connectivity index (χ0v) is 19.5. The Bertz CT molecular complexity index is 416. The van der Waals surface area contributed by atoms with Gasteiger partial charge in [-0.3, -0.25) is 0 Å². The van der Waals surface area contributed by atoms with Gasteiger partial charge in [-0.05, 0) is 25.3 Å². The zero-order valence-electron chi connectivity index (χ0n) is 19.5. The van der Waals surface area contributed by atoms with Crippen molar-refractivity contribution in [3.63, 3.8) is 0 Å². The van der Waals surface area contributed by atoms with Crippen LogP contribution < -0.4 is 0 Å². The molecule has 0 aliphatic carbocycles. The number of rotatable bonds is 20. The molecular weight excluding hydrogens is 336 g/mol. The minimum Gasteiger partial charge on any atom is -0.0654 e. The van der Waals surface area contributed by atoms with Crippen molar-refractivity contribution in [3.05, 3.63) is 35.4 Å². The van der Waals surface area contributed by atoms with Crippen molar-refractivity contribution < 1.29 is 0 Å². The summed E-state index contributed by atoms with van der Waals surface area (Å²) in [5.74, 6) is 0. The molecule has 0 amide bonds. The lowest BCUT2D eigenvalue weighted by Gasteiger charge is -2.04. The predicted octanol–water partition coefficient (Wildman–Crippen LogP) is 9.97. The average molecular weight is 387 g/mol. The van der Waals surface area contributed by atoms with Gasteiger partial charge in [0, 0.05) is 0 Å². The molecule has 0 bridgehead atoms. The molecule has 162 valence electrons. The second kappa shape index (κ2) is 19.5. The number of hydrogen-bond donors (Lipinski definition) is 0. The molecule has 0 heterocycles. The van der Waals surface area contributed by atoms with Gasteiger partial charge < -0.3 is 0 Å². The van der Waals surface area contributed by atoms with Crippen molar-refractivity contribution in [2.75, 3.05) is 0 Å². The van der Waals surface area contributed by atoms with E-state index in [2.05, 4.69) is 38.1 Å². The van der Waals surface area contributed by atoms with Crippen LogP contribution in [-0.4, -0.2) is 0 Å². The first-order chi connectivity index (χ1) is 13.8. The van der Waals surface area contributed by atoms with Crippen LogP contribution in [0.2, 0.25) is 0 Å². The van der Waals surface area contributed by atoms with Crippen LogP contribution in [-0.2, 0) is 6.42 Å². The maximum atomic E-state index is 2.30. The molecular formula is C28H50. The molecule has 0 N–H and O–H groups in total. The highest BCUT2D eigenvalue weighted by Crippen LogP contribution is 2.15. The summed E-state index contributed by atoms with van der Waals surface area (Å²) in [4.78, 5) is 0. The van der Waals surface area contributed by atoms with Crippen molar-refractivity contribution in [2.45, 2.75) is 142 Å². The Balaban J connectivity index is 1.70. The number of unbranched alkanes of at least 4 members (excludes halogenated alkanes) is 18. The molecule has 0 atom stereocenters. The third-order valence-electron chi connectivity index (χ3n) is 6.19. The van der Waals surface area contributed by atoms with Crippen LogP contribution in [0.15, 0.2) is 24.3 Å². The lowest BCUT2D eigenvalue weighted by atomic mass is 10.0. The first kappa shape index (κ1) is 25.3. The predicted molar refractivity (Wildman–Crippen MR) is 128 cm³/mol. The van der Waals surface area contributed by atoms with E-state index in [0.29, 0.717) is 0 Å². The van der Waals surface area contributed by atoms with Crippen LogP contribution in [0.4, 0.5) is 0 Å². The van der Waals surface area contributed by atoms with Crippen LogP contribution >= 0.6 is 0 Å². The Morgan fingerprint density at radius 2 is 0.750 bits per heavy atom. The van der Waals surface area contributed by atoms with Gasteiger partial charge in [-0.1, -0.05) is 152 Å². The lowest BCUT2D eigenvalue weighted by Crippen LogP contribution is -1.87. The Morgan fingerprint density at radius 1 is 0.429 bits per heavy atom. The molecule has 0 aliphatic heterocycles. The Labute approximate surface area is 177 Å². The van der Waals surface area contributed by atoms with E-state index in [0.717, 1.165) is 0 Å². The van der Waals surface area contributed by atoms with Crippen LogP contribution in [0.25, 0.3) is 0 Å². The summed E-state index contributed by atoms with van der Waals surface area (Å²) in [6.45, 7) is 4.47. The molecule has 1 aromatic carbocycles. The minimum atomic E-state index is 1.26. The fraction of sp³-hybridized carbons (Fsp3) is 0.786. The van der Waals surface area contributed by atoms with Crippen LogP contribution in [0, 0.1) is 6.92 Å². The summed E-state index contributed by atoms with van der Waals surface area (Å²) in [6.07, 6.45) is 28.9. The molecule has 0 aromatic heterocycles. The Morgan fingerprint density at radius 3 is 1.11 bits per heavy atom. The fourth-order valence-electron chi connectivity index (χ4n) is 4.16. The summed E-state index contributed by atoms with van der Waals surface area (Å²) in [7, 11) is 0. The van der Waals surface area contributed by atoms with Gasteiger partial charge in [-0.2, -0.15) is 0 Å². The molecule has 0 spiro atoms. The van der Waals surface area contributed by atoms with Gasteiger partial charge in [-0.25, -0.2) is 0 Å². The van der Waals surface area contributed by atoms with Gasteiger partial charge >= 0.3 is 0 Å². The molecule has 0 nitrogen and oxygen atoms in total. The second-order valence-corrected chi connectivity index (χ2v) is 9.10. The highest BCUT2D eigenvalue weighted by molar-refractivity contribution is 5.21. The third-order valence-corrected chi connectivity index (χ3v) is 6.19. The molecule has 0 saturated carbocycles. The highest BCUT2D eigenvalue weighted by Gasteiger charge is 1.96. The maximum absolute atomic E-state index is 2.30. The summed E-state index contributed by atoms with van der Waals surface area (Å²) >= 11 is 0. The molecule has 0 radical (unpaired) electrons. The molecule has 28 heavy (non-hydrogen) atoms. The smallest absolute Gasteiger partial charge is 0.0279 e. The van der Waals surface area contributed by atoms with Crippen molar-refractivity contribution in [1.29, 1.82) is 0 Å². The van der Waals surface area contributed by atoms with Crippen molar-refractivity contribution in [2.24, 2.45) is 0 Å². The quantitative estimate of drug-likeness (QED) is 0.195. The van der Waals surface area contributed by atoms with Gasteiger partial charge in [0.05, 0.1) is 0 Å². The first-order valence-corrected chi connectivity index (χ1v) is 12.9. The minimum absolute atomic E-state index is 1.26. The van der Waals surface area contributed by atoms with Gasteiger partial charge in [0.15, 0.2) is 0 Å². The number of benzene rings is 1. The van der Waals surface area contributed by atoms with E-state index in [1.807, 2.05) is 0 Å². The highest BCUT2D eigenvalue weighted by atomic mass is 14.0. The maximum Gasteiger partial charge on any atom is -0.0279 e. The molecule has 0 saturated heterocycles. The van der Waals surface area contributed by atoms with Crippen LogP contribution in [0.3, 0.4) is 0 Å².